The number of ether oxygens (including phenoxy) is 1. The van der Waals surface area contributed by atoms with E-state index < -0.39 is 16.9 Å². The zero-order valence-corrected chi connectivity index (χ0v) is 13.5. The first kappa shape index (κ1) is 17.5. The third kappa shape index (κ3) is 4.35. The number of nitro benzene ring substituents is 1. The number of aromatic carboxylic acids is 1. The lowest BCUT2D eigenvalue weighted by Crippen LogP contribution is -2.07. The summed E-state index contributed by atoms with van der Waals surface area (Å²) in [7, 11) is 1.53. The summed E-state index contributed by atoms with van der Waals surface area (Å²) in [5.41, 5.74) is 0.196. The van der Waals surface area contributed by atoms with E-state index in [2.05, 4.69) is 0 Å². The number of hydrogen-bond donors (Lipinski definition) is 1. The molecule has 1 N–H and O–H groups in total. The molecule has 0 saturated heterocycles. The van der Waals surface area contributed by atoms with Crippen LogP contribution in [0.15, 0.2) is 41.4 Å². The quantitative estimate of drug-likeness (QED) is 0.268. The Labute approximate surface area is 141 Å². The van der Waals surface area contributed by atoms with Gasteiger partial charge in [-0.1, -0.05) is 0 Å². The van der Waals surface area contributed by atoms with Crippen molar-refractivity contribution < 1.29 is 24.4 Å². The van der Waals surface area contributed by atoms with E-state index in [-0.39, 0.29) is 23.6 Å². The Morgan fingerprint density at radius 1 is 1.33 bits per heavy atom. The van der Waals surface area contributed by atoms with E-state index in [0.717, 1.165) is 4.90 Å². The lowest BCUT2D eigenvalue weighted by molar-refractivity contribution is -0.384. The summed E-state index contributed by atoms with van der Waals surface area (Å²) in [6.45, 7) is 0.137. The average molecular weight is 350 g/mol. The van der Waals surface area contributed by atoms with Crippen LogP contribution in [-0.2, 0) is 11.8 Å². The molecule has 0 fully saturated rings. The molecule has 24 heavy (non-hydrogen) atoms. The Bertz CT molecular complexity index is 769. The highest BCUT2D eigenvalue weighted by molar-refractivity contribution is 7.99. The number of benzene rings is 1. The highest BCUT2D eigenvalue weighted by Gasteiger charge is 2.15. The maximum Gasteiger partial charge on any atom is 0.352 e. The zero-order valence-electron chi connectivity index (χ0n) is 12.7. The van der Waals surface area contributed by atoms with Gasteiger partial charge in [0.1, 0.15) is 12.3 Å². The number of aryl methyl sites for hydroxylation is 1. The van der Waals surface area contributed by atoms with Crippen LogP contribution in [-0.4, -0.2) is 38.9 Å². The number of carboxylic acids is 1. The van der Waals surface area contributed by atoms with Crippen LogP contribution in [0.2, 0.25) is 0 Å². The molecule has 126 valence electrons. The van der Waals surface area contributed by atoms with Crippen molar-refractivity contribution in [1.82, 2.24) is 4.57 Å². The van der Waals surface area contributed by atoms with Crippen molar-refractivity contribution in [2.75, 3.05) is 12.4 Å². The van der Waals surface area contributed by atoms with Crippen molar-refractivity contribution in [3.05, 3.63) is 57.9 Å². The largest absolute Gasteiger partial charge is 0.477 e. The second-order valence-electron chi connectivity index (χ2n) is 4.77. The number of nitrogens with zero attached hydrogens (tertiary/aromatic N) is 2. The van der Waals surface area contributed by atoms with Gasteiger partial charge in [0.05, 0.1) is 10.5 Å². The van der Waals surface area contributed by atoms with E-state index in [1.807, 2.05) is 0 Å². The minimum atomic E-state index is -1.12. The standard InChI is InChI=1S/C15H14N2O6S/c1-16-9-10(8-13(16)14(18)19)15(20)23-6-7-24-12-4-2-11(3-5-12)17(21)22/h2-5,8-9H,6-7H2,1H3,(H,18,19). The van der Waals surface area contributed by atoms with Crippen LogP contribution in [0.3, 0.4) is 0 Å². The molecule has 9 heteroatoms. The topological polar surface area (TPSA) is 112 Å². The molecule has 0 bridgehead atoms. The van der Waals surface area contributed by atoms with Crippen LogP contribution in [0.25, 0.3) is 0 Å². The zero-order chi connectivity index (χ0) is 17.7. The van der Waals surface area contributed by atoms with Crippen LogP contribution in [0.4, 0.5) is 5.69 Å². The third-order valence-corrected chi connectivity index (χ3v) is 4.07. The van der Waals surface area contributed by atoms with Gasteiger partial charge in [-0.15, -0.1) is 11.8 Å². The molecule has 0 aliphatic carbocycles. The molecule has 0 aliphatic heterocycles. The lowest BCUT2D eigenvalue weighted by atomic mass is 10.3. The normalized spacial score (nSPS) is 10.4. The van der Waals surface area contributed by atoms with Gasteiger partial charge in [0.25, 0.3) is 5.69 Å². The molecule has 1 heterocycles. The maximum absolute atomic E-state index is 11.9. The highest BCUT2D eigenvalue weighted by atomic mass is 32.2. The summed E-state index contributed by atoms with van der Waals surface area (Å²) in [4.78, 5) is 33.7. The smallest absolute Gasteiger partial charge is 0.352 e. The SMILES string of the molecule is Cn1cc(C(=O)OCCSc2ccc([N+](=O)[O-])cc2)cc1C(=O)O. The monoisotopic (exact) mass is 350 g/mol. The van der Waals surface area contributed by atoms with Gasteiger partial charge in [-0.3, -0.25) is 10.1 Å². The first-order valence-electron chi connectivity index (χ1n) is 6.82. The van der Waals surface area contributed by atoms with Crippen LogP contribution in [0, 0.1) is 10.1 Å². The summed E-state index contributed by atoms with van der Waals surface area (Å²) in [6, 6.07) is 7.33. The second-order valence-corrected chi connectivity index (χ2v) is 5.93. The molecule has 0 saturated carbocycles. The van der Waals surface area contributed by atoms with Gasteiger partial charge < -0.3 is 14.4 Å². The molecule has 0 radical (unpaired) electrons. The Hall–Kier alpha value is -2.81. The molecule has 0 spiro atoms. The summed E-state index contributed by atoms with van der Waals surface area (Å²) in [5, 5.41) is 19.5. The van der Waals surface area contributed by atoms with Crippen molar-refractivity contribution in [2.24, 2.45) is 7.05 Å². The van der Waals surface area contributed by atoms with Gasteiger partial charge in [0.2, 0.25) is 0 Å². The van der Waals surface area contributed by atoms with E-state index in [9.17, 15) is 19.7 Å². The highest BCUT2D eigenvalue weighted by Crippen LogP contribution is 2.21. The average Bonchev–Trinajstić information content (AvgIpc) is 2.94. The molecule has 0 unspecified atom stereocenters. The van der Waals surface area contributed by atoms with Gasteiger partial charge in [-0.2, -0.15) is 0 Å². The van der Waals surface area contributed by atoms with E-state index in [4.69, 9.17) is 9.84 Å². The number of esters is 1. The Morgan fingerprint density at radius 3 is 2.54 bits per heavy atom. The Balaban J connectivity index is 1.81. The molecule has 1 aromatic carbocycles. The fraction of sp³-hybridized carbons (Fsp3) is 0.200. The van der Waals surface area contributed by atoms with E-state index in [1.54, 1.807) is 12.1 Å². The predicted octanol–water partition coefficient (Wildman–Crippen LogP) is 2.58. The van der Waals surface area contributed by atoms with Gasteiger partial charge in [-0.05, 0) is 18.2 Å². The number of thioether (sulfide) groups is 1. The van der Waals surface area contributed by atoms with Crippen molar-refractivity contribution >= 4 is 29.4 Å². The Morgan fingerprint density at radius 2 is 2.00 bits per heavy atom. The molecular formula is C15H14N2O6S. The lowest BCUT2D eigenvalue weighted by Gasteiger charge is -2.03. The molecule has 0 atom stereocenters. The first-order valence-corrected chi connectivity index (χ1v) is 7.81. The fourth-order valence-corrected chi connectivity index (χ4v) is 2.66. The fourth-order valence-electron chi connectivity index (χ4n) is 1.93. The molecule has 2 aromatic rings. The van der Waals surface area contributed by atoms with Gasteiger partial charge in [0.15, 0.2) is 0 Å². The number of aromatic nitrogens is 1. The van der Waals surface area contributed by atoms with Crippen molar-refractivity contribution in [2.45, 2.75) is 4.90 Å². The number of carbonyl (C=O) groups excluding carboxylic acids is 1. The maximum atomic E-state index is 11.9. The van der Waals surface area contributed by atoms with E-state index >= 15 is 0 Å². The van der Waals surface area contributed by atoms with Crippen molar-refractivity contribution in [3.8, 4) is 0 Å². The minimum Gasteiger partial charge on any atom is -0.477 e. The number of nitro groups is 1. The summed E-state index contributed by atoms with van der Waals surface area (Å²) in [6.07, 6.45) is 1.40. The third-order valence-electron chi connectivity index (χ3n) is 3.09. The molecule has 0 aliphatic rings. The Kier molecular flexibility index (Phi) is 5.59. The van der Waals surface area contributed by atoms with Gasteiger partial charge in [-0.25, -0.2) is 9.59 Å². The second kappa shape index (κ2) is 7.64. The summed E-state index contributed by atoms with van der Waals surface area (Å²) >= 11 is 1.39. The van der Waals surface area contributed by atoms with Crippen LogP contribution in [0.5, 0.6) is 0 Å². The molecule has 2 rings (SSSR count). The molecule has 0 amide bonds. The molecule has 1 aromatic heterocycles. The van der Waals surface area contributed by atoms with Crippen LogP contribution in [0.1, 0.15) is 20.8 Å². The number of non-ortho nitro benzene ring substituents is 1. The number of carboxylic acid groups (broad SMARTS) is 1. The molecular weight excluding hydrogens is 336 g/mol. The number of carbonyl (C=O) groups is 2. The first-order chi connectivity index (χ1) is 11.4. The van der Waals surface area contributed by atoms with E-state index in [1.165, 1.54) is 47.8 Å². The summed E-state index contributed by atoms with van der Waals surface area (Å²) < 4.78 is 6.42. The number of rotatable bonds is 7. The number of hydrogen-bond acceptors (Lipinski definition) is 6. The predicted molar refractivity (Wildman–Crippen MR) is 86.5 cm³/mol. The summed E-state index contributed by atoms with van der Waals surface area (Å²) in [5.74, 6) is -1.24. The van der Waals surface area contributed by atoms with E-state index in [0.29, 0.717) is 5.75 Å². The van der Waals surface area contributed by atoms with Crippen molar-refractivity contribution in [3.63, 3.8) is 0 Å². The van der Waals surface area contributed by atoms with Crippen LogP contribution < -0.4 is 0 Å². The van der Waals surface area contributed by atoms with Crippen LogP contribution >= 0.6 is 11.8 Å². The van der Waals surface area contributed by atoms with Crippen molar-refractivity contribution in [1.29, 1.82) is 0 Å². The molecule has 8 nitrogen and oxygen atoms in total. The van der Waals surface area contributed by atoms with Gasteiger partial charge >= 0.3 is 11.9 Å². The van der Waals surface area contributed by atoms with Gasteiger partial charge in [0, 0.05) is 36.0 Å². The minimum absolute atomic E-state index is 0.00204.